The Bertz CT molecular complexity index is 1180. The smallest absolute Gasteiger partial charge is 0.253 e. The third kappa shape index (κ3) is 8.27. The number of anilines is 1. The number of rotatable bonds is 10. The molecule has 8 heteroatoms. The van der Waals surface area contributed by atoms with Gasteiger partial charge in [0, 0.05) is 39.3 Å². The molecule has 0 atom stereocenters. The summed E-state index contributed by atoms with van der Waals surface area (Å²) in [4.78, 5) is 42.0. The average molecular weight is 500 g/mol. The van der Waals surface area contributed by atoms with Crippen molar-refractivity contribution in [2.75, 3.05) is 44.6 Å². The number of piperazine rings is 1. The Kier molecular flexibility index (Phi) is 9.40. The molecule has 0 aromatic heterocycles. The normalized spacial score (nSPS) is 14.1. The number of carbonyl (C=O) groups is 3. The largest absolute Gasteiger partial charge is 0.351 e. The second kappa shape index (κ2) is 13.3. The molecule has 1 heterocycles. The van der Waals surface area contributed by atoms with Gasteiger partial charge in [-0.15, -0.1) is 0 Å². The lowest BCUT2D eigenvalue weighted by atomic mass is 10.1. The van der Waals surface area contributed by atoms with E-state index >= 15 is 0 Å². The summed E-state index contributed by atoms with van der Waals surface area (Å²) in [6, 6.07) is 26.5. The van der Waals surface area contributed by atoms with E-state index in [9.17, 15) is 14.4 Å². The van der Waals surface area contributed by atoms with Crippen molar-refractivity contribution in [2.45, 2.75) is 13.1 Å². The van der Waals surface area contributed by atoms with Crippen molar-refractivity contribution in [1.82, 2.24) is 20.4 Å². The van der Waals surface area contributed by atoms with Crippen LogP contribution in [0.5, 0.6) is 0 Å². The van der Waals surface area contributed by atoms with E-state index in [1.807, 2.05) is 60.7 Å². The molecule has 8 nitrogen and oxygen atoms in total. The number of nitrogens with one attached hydrogen (secondary N) is 3. The van der Waals surface area contributed by atoms with E-state index in [4.69, 9.17) is 0 Å². The monoisotopic (exact) mass is 499 g/mol. The molecule has 37 heavy (non-hydrogen) atoms. The minimum Gasteiger partial charge on any atom is -0.351 e. The minimum atomic E-state index is -0.237. The van der Waals surface area contributed by atoms with Gasteiger partial charge >= 0.3 is 0 Å². The average Bonchev–Trinajstić information content (AvgIpc) is 2.93. The molecule has 3 aromatic carbocycles. The van der Waals surface area contributed by atoms with Crippen LogP contribution >= 0.6 is 0 Å². The zero-order valence-electron chi connectivity index (χ0n) is 20.9. The maximum atomic E-state index is 12.8. The lowest BCUT2D eigenvalue weighted by molar-refractivity contribution is -0.123. The molecule has 0 unspecified atom stereocenters. The molecule has 3 N–H and O–H groups in total. The Morgan fingerprint density at radius 2 is 1.08 bits per heavy atom. The highest BCUT2D eigenvalue weighted by atomic mass is 16.2. The van der Waals surface area contributed by atoms with Crippen LogP contribution in [0.1, 0.15) is 21.5 Å². The van der Waals surface area contributed by atoms with Crippen molar-refractivity contribution in [2.24, 2.45) is 0 Å². The van der Waals surface area contributed by atoms with Gasteiger partial charge in [0.25, 0.3) is 5.91 Å². The molecule has 3 aromatic rings. The molecule has 1 aliphatic rings. The van der Waals surface area contributed by atoms with Crippen LogP contribution in [0.15, 0.2) is 84.9 Å². The third-order valence-electron chi connectivity index (χ3n) is 6.27. The lowest BCUT2D eigenvalue weighted by Crippen LogP contribution is -2.51. The highest BCUT2D eigenvalue weighted by molar-refractivity contribution is 6.04. The molecule has 0 radical (unpaired) electrons. The number of hydrogen-bond donors (Lipinski definition) is 3. The van der Waals surface area contributed by atoms with Gasteiger partial charge in [0.15, 0.2) is 0 Å². The van der Waals surface area contributed by atoms with Gasteiger partial charge < -0.3 is 16.0 Å². The zero-order chi connectivity index (χ0) is 25.9. The van der Waals surface area contributed by atoms with Gasteiger partial charge in [0.05, 0.1) is 24.3 Å². The van der Waals surface area contributed by atoms with Crippen molar-refractivity contribution in [1.29, 1.82) is 0 Å². The Hall–Kier alpha value is -4.01. The predicted octanol–water partition coefficient (Wildman–Crippen LogP) is 2.49. The molecule has 0 aliphatic carbocycles. The Morgan fingerprint density at radius 3 is 1.68 bits per heavy atom. The molecule has 1 saturated heterocycles. The molecule has 1 fully saturated rings. The van der Waals surface area contributed by atoms with Crippen molar-refractivity contribution >= 4 is 23.4 Å². The van der Waals surface area contributed by atoms with Gasteiger partial charge in [-0.1, -0.05) is 72.8 Å². The van der Waals surface area contributed by atoms with E-state index in [1.54, 1.807) is 24.3 Å². The first-order chi connectivity index (χ1) is 18.1. The fourth-order valence-electron chi connectivity index (χ4n) is 4.22. The second-order valence-corrected chi connectivity index (χ2v) is 9.08. The summed E-state index contributed by atoms with van der Waals surface area (Å²) in [5.41, 5.74) is 3.00. The van der Waals surface area contributed by atoms with Gasteiger partial charge in [-0.05, 0) is 23.3 Å². The van der Waals surface area contributed by atoms with E-state index in [0.29, 0.717) is 57.1 Å². The summed E-state index contributed by atoms with van der Waals surface area (Å²) in [5.74, 6) is -0.409. The zero-order valence-corrected chi connectivity index (χ0v) is 20.9. The highest BCUT2D eigenvalue weighted by Gasteiger charge is 2.21. The van der Waals surface area contributed by atoms with Crippen LogP contribution in [0.2, 0.25) is 0 Å². The van der Waals surface area contributed by atoms with Gasteiger partial charge in [0.1, 0.15) is 0 Å². The lowest BCUT2D eigenvalue weighted by Gasteiger charge is -2.33. The highest BCUT2D eigenvalue weighted by Crippen LogP contribution is 2.15. The SMILES string of the molecule is O=C(CN1CCN(CC(=O)Nc2ccccc2C(=O)NCc2ccccc2)CC1)NCc1ccccc1. The molecule has 3 amide bonds. The van der Waals surface area contributed by atoms with Crippen LogP contribution in [0.3, 0.4) is 0 Å². The van der Waals surface area contributed by atoms with Crippen LogP contribution in [0.4, 0.5) is 5.69 Å². The number of hydrogen-bond acceptors (Lipinski definition) is 5. The number of para-hydroxylation sites is 1. The molecule has 0 saturated carbocycles. The van der Waals surface area contributed by atoms with Crippen LogP contribution in [0.25, 0.3) is 0 Å². The van der Waals surface area contributed by atoms with Crippen molar-refractivity contribution in [3.63, 3.8) is 0 Å². The quantitative estimate of drug-likeness (QED) is 0.399. The summed E-state index contributed by atoms with van der Waals surface area (Å²) >= 11 is 0. The van der Waals surface area contributed by atoms with Crippen molar-refractivity contribution in [3.05, 3.63) is 102 Å². The first-order valence-corrected chi connectivity index (χ1v) is 12.5. The maximum absolute atomic E-state index is 12.8. The van der Waals surface area contributed by atoms with E-state index in [1.165, 1.54) is 0 Å². The molecule has 0 bridgehead atoms. The predicted molar refractivity (Wildman–Crippen MR) is 144 cm³/mol. The topological polar surface area (TPSA) is 93.8 Å². The molecule has 1 aliphatic heterocycles. The fourth-order valence-corrected chi connectivity index (χ4v) is 4.22. The molecule has 0 spiro atoms. The Balaban J connectivity index is 1.19. The van der Waals surface area contributed by atoms with Gasteiger partial charge in [-0.3, -0.25) is 24.2 Å². The third-order valence-corrected chi connectivity index (χ3v) is 6.27. The summed E-state index contributed by atoms with van der Waals surface area (Å²) in [6.45, 7) is 4.32. The van der Waals surface area contributed by atoms with E-state index < -0.39 is 0 Å². The van der Waals surface area contributed by atoms with Crippen LogP contribution in [-0.2, 0) is 22.7 Å². The fraction of sp³-hybridized carbons (Fsp3) is 0.276. The number of nitrogens with zero attached hydrogens (tertiary/aromatic N) is 2. The van der Waals surface area contributed by atoms with Gasteiger partial charge in [-0.2, -0.15) is 0 Å². The molecular formula is C29H33N5O3. The molecule has 4 rings (SSSR count). The molecular weight excluding hydrogens is 466 g/mol. The summed E-state index contributed by atoms with van der Waals surface area (Å²) in [5, 5.41) is 8.76. The molecule has 192 valence electrons. The van der Waals surface area contributed by atoms with E-state index in [2.05, 4.69) is 25.8 Å². The second-order valence-electron chi connectivity index (χ2n) is 9.08. The number of amides is 3. The van der Waals surface area contributed by atoms with Gasteiger partial charge in [0.2, 0.25) is 11.8 Å². The van der Waals surface area contributed by atoms with E-state index in [0.717, 1.165) is 11.1 Å². The summed E-state index contributed by atoms with van der Waals surface area (Å²) in [6.07, 6.45) is 0. The van der Waals surface area contributed by atoms with Crippen LogP contribution < -0.4 is 16.0 Å². The van der Waals surface area contributed by atoms with Crippen LogP contribution in [-0.4, -0.2) is 66.8 Å². The standard InChI is InChI=1S/C29H33N5O3/c35-27(30-19-23-9-3-1-4-10-23)21-33-15-17-34(18-16-33)22-28(36)32-26-14-8-7-13-25(26)29(37)31-20-24-11-5-2-6-12-24/h1-14H,15-22H2,(H,30,35)(H,31,37)(H,32,36). The van der Waals surface area contributed by atoms with E-state index in [-0.39, 0.29) is 24.3 Å². The maximum Gasteiger partial charge on any atom is 0.253 e. The first kappa shape index (κ1) is 26.1. The van der Waals surface area contributed by atoms with Crippen molar-refractivity contribution < 1.29 is 14.4 Å². The first-order valence-electron chi connectivity index (χ1n) is 12.5. The minimum absolute atomic E-state index is 0.00260. The van der Waals surface area contributed by atoms with Crippen molar-refractivity contribution in [3.8, 4) is 0 Å². The number of carbonyl (C=O) groups excluding carboxylic acids is 3. The van der Waals surface area contributed by atoms with Gasteiger partial charge in [-0.25, -0.2) is 0 Å². The Labute approximate surface area is 217 Å². The summed E-state index contributed by atoms with van der Waals surface area (Å²) in [7, 11) is 0. The number of benzene rings is 3. The summed E-state index contributed by atoms with van der Waals surface area (Å²) < 4.78 is 0. The van der Waals surface area contributed by atoms with Crippen LogP contribution in [0, 0.1) is 0 Å². The Morgan fingerprint density at radius 1 is 0.595 bits per heavy atom.